The number of amides is 1. The molecule has 4 rings (SSSR count). The normalized spacial score (nSPS) is 15.2. The first-order valence-electron chi connectivity index (χ1n) is 9.27. The molecule has 0 bridgehead atoms. The zero-order valence-electron chi connectivity index (χ0n) is 15.4. The van der Waals surface area contributed by atoms with E-state index in [-0.39, 0.29) is 6.09 Å². The summed E-state index contributed by atoms with van der Waals surface area (Å²) in [6.07, 6.45) is 3.55. The number of fused-ring (bicyclic) bond motifs is 1. The minimum atomic E-state index is -0.221. The van der Waals surface area contributed by atoms with Crippen LogP contribution in [0.4, 0.5) is 4.79 Å². The Balaban J connectivity index is 1.56. The van der Waals surface area contributed by atoms with Crippen LogP contribution in [0.15, 0.2) is 48.8 Å². The summed E-state index contributed by atoms with van der Waals surface area (Å²) >= 11 is 0. The summed E-state index contributed by atoms with van der Waals surface area (Å²) in [6.45, 7) is 5.96. The third-order valence-electron chi connectivity index (χ3n) is 4.82. The van der Waals surface area contributed by atoms with E-state index >= 15 is 0 Å². The molecule has 0 N–H and O–H groups in total. The van der Waals surface area contributed by atoms with E-state index in [1.165, 1.54) is 0 Å². The largest absolute Gasteiger partial charge is 0.450 e. The van der Waals surface area contributed by atoms with Crippen molar-refractivity contribution in [3.63, 3.8) is 0 Å². The van der Waals surface area contributed by atoms with Gasteiger partial charge in [-0.05, 0) is 13.0 Å². The molecule has 0 radical (unpaired) electrons. The van der Waals surface area contributed by atoms with Gasteiger partial charge < -0.3 is 9.64 Å². The Bertz CT molecular complexity index is 917. The zero-order valence-corrected chi connectivity index (χ0v) is 15.4. The van der Waals surface area contributed by atoms with Crippen molar-refractivity contribution in [3.8, 4) is 11.3 Å². The Morgan fingerprint density at radius 3 is 2.63 bits per heavy atom. The SMILES string of the molecule is CCOC(=O)N1CCN(Cc2c(-c3ccccc3)nc3ncccn23)CC1. The average Bonchev–Trinajstić information content (AvgIpc) is 3.08. The molecule has 1 aromatic carbocycles. The summed E-state index contributed by atoms with van der Waals surface area (Å²) in [5, 5.41) is 0. The van der Waals surface area contributed by atoms with Crippen molar-refractivity contribution in [1.82, 2.24) is 24.2 Å². The monoisotopic (exact) mass is 365 g/mol. The van der Waals surface area contributed by atoms with Crippen molar-refractivity contribution in [2.45, 2.75) is 13.5 Å². The maximum atomic E-state index is 11.9. The van der Waals surface area contributed by atoms with Gasteiger partial charge in [0, 0.05) is 50.7 Å². The summed E-state index contributed by atoms with van der Waals surface area (Å²) in [5.41, 5.74) is 3.17. The van der Waals surface area contributed by atoms with E-state index in [9.17, 15) is 4.79 Å². The third kappa shape index (κ3) is 3.64. The van der Waals surface area contributed by atoms with Gasteiger partial charge in [0.25, 0.3) is 0 Å². The zero-order chi connectivity index (χ0) is 18.6. The number of carbonyl (C=O) groups is 1. The van der Waals surface area contributed by atoms with E-state index in [1.807, 2.05) is 37.4 Å². The molecule has 1 saturated heterocycles. The number of nitrogens with zero attached hydrogens (tertiary/aromatic N) is 5. The number of benzene rings is 1. The molecule has 140 valence electrons. The highest BCUT2D eigenvalue weighted by Gasteiger charge is 2.24. The van der Waals surface area contributed by atoms with Gasteiger partial charge in [0.2, 0.25) is 5.78 Å². The molecule has 7 nitrogen and oxygen atoms in total. The summed E-state index contributed by atoms with van der Waals surface area (Å²) in [6, 6.07) is 12.1. The van der Waals surface area contributed by atoms with Gasteiger partial charge in [-0.25, -0.2) is 14.8 Å². The first-order chi connectivity index (χ1) is 13.3. The van der Waals surface area contributed by atoms with Crippen LogP contribution in [0.5, 0.6) is 0 Å². The second-order valence-corrected chi connectivity index (χ2v) is 6.52. The Hall–Kier alpha value is -2.93. The molecule has 0 unspecified atom stereocenters. The molecule has 1 aliphatic heterocycles. The first-order valence-corrected chi connectivity index (χ1v) is 9.27. The smallest absolute Gasteiger partial charge is 0.409 e. The molecular formula is C20H23N5O2. The molecule has 3 aromatic rings. The summed E-state index contributed by atoms with van der Waals surface area (Å²) in [4.78, 5) is 25.2. The quantitative estimate of drug-likeness (QED) is 0.711. The van der Waals surface area contributed by atoms with E-state index < -0.39 is 0 Å². The molecular weight excluding hydrogens is 342 g/mol. The molecule has 0 spiro atoms. The number of hydrogen-bond acceptors (Lipinski definition) is 5. The van der Waals surface area contributed by atoms with Gasteiger partial charge in [-0.15, -0.1) is 0 Å². The molecule has 0 aliphatic carbocycles. The van der Waals surface area contributed by atoms with Crippen LogP contribution in [-0.2, 0) is 11.3 Å². The molecule has 1 aliphatic rings. The molecule has 1 fully saturated rings. The molecule has 27 heavy (non-hydrogen) atoms. The fraction of sp³-hybridized carbons (Fsp3) is 0.350. The highest BCUT2D eigenvalue weighted by atomic mass is 16.6. The predicted molar refractivity (Wildman–Crippen MR) is 102 cm³/mol. The van der Waals surface area contributed by atoms with Gasteiger partial charge >= 0.3 is 6.09 Å². The van der Waals surface area contributed by atoms with E-state index in [0.29, 0.717) is 25.5 Å². The first kappa shape index (κ1) is 17.5. The van der Waals surface area contributed by atoms with E-state index in [0.717, 1.165) is 36.6 Å². The maximum absolute atomic E-state index is 11.9. The van der Waals surface area contributed by atoms with Crippen molar-refractivity contribution in [3.05, 3.63) is 54.5 Å². The Kier molecular flexibility index (Phi) is 5.02. The number of hydrogen-bond donors (Lipinski definition) is 0. The van der Waals surface area contributed by atoms with Crippen molar-refractivity contribution in [2.75, 3.05) is 32.8 Å². The van der Waals surface area contributed by atoms with Gasteiger partial charge in [-0.3, -0.25) is 9.30 Å². The highest BCUT2D eigenvalue weighted by molar-refractivity contribution is 5.68. The topological polar surface area (TPSA) is 63.0 Å². The van der Waals surface area contributed by atoms with Gasteiger partial charge in [0.15, 0.2) is 0 Å². The van der Waals surface area contributed by atoms with Crippen LogP contribution in [0, 0.1) is 0 Å². The van der Waals surface area contributed by atoms with Crippen LogP contribution in [0.1, 0.15) is 12.6 Å². The Morgan fingerprint density at radius 2 is 1.89 bits per heavy atom. The lowest BCUT2D eigenvalue weighted by Gasteiger charge is -2.34. The highest BCUT2D eigenvalue weighted by Crippen LogP contribution is 2.25. The van der Waals surface area contributed by atoms with Crippen LogP contribution >= 0.6 is 0 Å². The van der Waals surface area contributed by atoms with Crippen LogP contribution < -0.4 is 0 Å². The lowest BCUT2D eigenvalue weighted by atomic mass is 10.1. The molecule has 2 aromatic heterocycles. The van der Waals surface area contributed by atoms with Gasteiger partial charge in [0.1, 0.15) is 0 Å². The number of piperazine rings is 1. The van der Waals surface area contributed by atoms with Crippen LogP contribution in [0.25, 0.3) is 17.0 Å². The van der Waals surface area contributed by atoms with Gasteiger partial charge in [-0.2, -0.15) is 0 Å². The number of aromatic nitrogens is 3. The fourth-order valence-electron chi connectivity index (χ4n) is 3.43. The Morgan fingerprint density at radius 1 is 1.11 bits per heavy atom. The lowest BCUT2D eigenvalue weighted by molar-refractivity contribution is 0.0775. The van der Waals surface area contributed by atoms with E-state index in [1.54, 1.807) is 11.1 Å². The van der Waals surface area contributed by atoms with Gasteiger partial charge in [-0.1, -0.05) is 30.3 Å². The van der Waals surface area contributed by atoms with Crippen molar-refractivity contribution >= 4 is 11.9 Å². The second kappa shape index (κ2) is 7.75. The predicted octanol–water partition coefficient (Wildman–Crippen LogP) is 2.67. The van der Waals surface area contributed by atoms with Crippen molar-refractivity contribution in [2.24, 2.45) is 0 Å². The molecule has 0 atom stereocenters. The number of imidazole rings is 1. The number of carbonyl (C=O) groups excluding carboxylic acids is 1. The molecule has 1 amide bonds. The van der Waals surface area contributed by atoms with Crippen molar-refractivity contribution < 1.29 is 9.53 Å². The minimum absolute atomic E-state index is 0.221. The molecule has 7 heteroatoms. The van der Waals surface area contributed by atoms with Crippen LogP contribution in [-0.4, -0.2) is 63.0 Å². The Labute approximate surface area is 158 Å². The summed E-state index contributed by atoms with van der Waals surface area (Å²) in [5.74, 6) is 0.705. The maximum Gasteiger partial charge on any atom is 0.409 e. The number of rotatable bonds is 4. The molecule has 3 heterocycles. The van der Waals surface area contributed by atoms with Crippen LogP contribution in [0.3, 0.4) is 0 Å². The van der Waals surface area contributed by atoms with E-state index in [2.05, 4.69) is 26.4 Å². The average molecular weight is 365 g/mol. The van der Waals surface area contributed by atoms with Gasteiger partial charge in [0.05, 0.1) is 18.0 Å². The van der Waals surface area contributed by atoms with Crippen LogP contribution in [0.2, 0.25) is 0 Å². The molecule has 0 saturated carbocycles. The van der Waals surface area contributed by atoms with E-state index in [4.69, 9.17) is 9.72 Å². The summed E-state index contributed by atoms with van der Waals surface area (Å²) < 4.78 is 7.16. The standard InChI is InChI=1S/C20H23N5O2/c1-2-27-20(26)24-13-11-23(12-14-24)15-17-18(16-7-4-3-5-8-16)22-19-21-9-6-10-25(17)19/h3-10H,2,11-15H2,1H3. The third-order valence-corrected chi connectivity index (χ3v) is 4.82. The summed E-state index contributed by atoms with van der Waals surface area (Å²) in [7, 11) is 0. The second-order valence-electron chi connectivity index (χ2n) is 6.52. The lowest BCUT2D eigenvalue weighted by Crippen LogP contribution is -2.48. The fourth-order valence-corrected chi connectivity index (χ4v) is 3.43. The van der Waals surface area contributed by atoms with Crippen molar-refractivity contribution in [1.29, 1.82) is 0 Å². The minimum Gasteiger partial charge on any atom is -0.450 e. The number of ether oxygens (including phenoxy) is 1.